The van der Waals surface area contributed by atoms with Crippen molar-refractivity contribution in [2.45, 2.75) is 53.1 Å². The second-order valence-electron chi connectivity index (χ2n) is 7.13. The number of allylic oxidation sites excluding steroid dienone is 1. The molecule has 0 radical (unpaired) electrons. The van der Waals surface area contributed by atoms with Crippen LogP contribution in [0, 0.1) is 6.92 Å². The van der Waals surface area contributed by atoms with Crippen molar-refractivity contribution in [3.8, 4) is 0 Å². The average Bonchev–Trinajstić information content (AvgIpc) is 3.06. The largest absolute Gasteiger partial charge is 0.327 e. The van der Waals surface area contributed by atoms with Crippen LogP contribution in [0.3, 0.4) is 0 Å². The first-order valence-corrected chi connectivity index (χ1v) is 9.44. The molecule has 1 amide bonds. The molecular formula is C21H27N5O. The van der Waals surface area contributed by atoms with Gasteiger partial charge in [0.2, 0.25) is 0 Å². The van der Waals surface area contributed by atoms with Crippen molar-refractivity contribution in [1.29, 1.82) is 0 Å². The van der Waals surface area contributed by atoms with Crippen molar-refractivity contribution < 1.29 is 4.79 Å². The number of aromatic nitrogens is 3. The molecule has 0 bridgehead atoms. The number of hydrogen-bond donors (Lipinski definition) is 0. The van der Waals surface area contributed by atoms with E-state index in [1.807, 2.05) is 49.9 Å². The molecule has 0 spiro atoms. The molecule has 6 nitrogen and oxygen atoms in total. The highest BCUT2D eigenvalue weighted by Crippen LogP contribution is 2.30. The lowest BCUT2D eigenvalue weighted by Crippen LogP contribution is -2.42. The van der Waals surface area contributed by atoms with Crippen molar-refractivity contribution in [3.63, 3.8) is 0 Å². The molecule has 1 atom stereocenters. The average molecular weight is 365 g/mol. The van der Waals surface area contributed by atoms with E-state index >= 15 is 0 Å². The van der Waals surface area contributed by atoms with Crippen LogP contribution in [0.4, 0.5) is 0 Å². The maximum atomic E-state index is 13.1. The van der Waals surface area contributed by atoms with Gasteiger partial charge >= 0.3 is 0 Å². The number of carbonyl (C=O) groups excluding carboxylic acids is 1. The SMILES string of the molecule is C=C(C)/N=C(\C)c1nnc2n1CCN(C(=O)c1ccc(C)cc1)[C@@H]2CCC. The molecule has 0 aliphatic carbocycles. The van der Waals surface area contributed by atoms with Crippen LogP contribution in [0.2, 0.25) is 0 Å². The highest BCUT2D eigenvalue weighted by Gasteiger charge is 2.34. The van der Waals surface area contributed by atoms with Gasteiger partial charge in [-0.05, 0) is 39.3 Å². The Kier molecular flexibility index (Phi) is 5.54. The van der Waals surface area contributed by atoms with Crippen molar-refractivity contribution >= 4 is 11.6 Å². The summed E-state index contributed by atoms with van der Waals surface area (Å²) in [4.78, 5) is 19.5. The fourth-order valence-electron chi connectivity index (χ4n) is 3.55. The van der Waals surface area contributed by atoms with E-state index in [2.05, 4.69) is 33.3 Å². The van der Waals surface area contributed by atoms with Crippen LogP contribution in [-0.4, -0.2) is 37.8 Å². The molecular weight excluding hydrogens is 338 g/mol. The third-order valence-corrected chi connectivity index (χ3v) is 4.82. The van der Waals surface area contributed by atoms with Crippen LogP contribution in [0.5, 0.6) is 0 Å². The van der Waals surface area contributed by atoms with E-state index in [0.29, 0.717) is 13.1 Å². The highest BCUT2D eigenvalue weighted by atomic mass is 16.2. The minimum atomic E-state index is -0.0727. The van der Waals surface area contributed by atoms with Crippen LogP contribution >= 0.6 is 0 Å². The Hall–Kier alpha value is -2.76. The van der Waals surface area contributed by atoms with E-state index in [1.165, 1.54) is 0 Å². The first-order chi connectivity index (χ1) is 12.9. The topological polar surface area (TPSA) is 63.4 Å². The molecule has 0 saturated heterocycles. The third-order valence-electron chi connectivity index (χ3n) is 4.82. The van der Waals surface area contributed by atoms with Gasteiger partial charge in [0.05, 0.1) is 11.8 Å². The molecule has 0 saturated carbocycles. The Bertz CT molecular complexity index is 878. The van der Waals surface area contributed by atoms with E-state index in [9.17, 15) is 4.79 Å². The van der Waals surface area contributed by atoms with Crippen molar-refractivity contribution in [2.75, 3.05) is 6.54 Å². The number of aliphatic imine (C=N–C) groups is 1. The Morgan fingerprint density at radius 1 is 1.22 bits per heavy atom. The molecule has 2 aromatic rings. The molecule has 0 unspecified atom stereocenters. The number of fused-ring (bicyclic) bond motifs is 1. The summed E-state index contributed by atoms with van der Waals surface area (Å²) in [5, 5.41) is 8.80. The Balaban J connectivity index is 1.95. The van der Waals surface area contributed by atoms with Gasteiger partial charge in [-0.3, -0.25) is 9.79 Å². The van der Waals surface area contributed by atoms with Crippen LogP contribution < -0.4 is 0 Å². The summed E-state index contributed by atoms with van der Waals surface area (Å²) in [6.07, 6.45) is 1.82. The summed E-state index contributed by atoms with van der Waals surface area (Å²) in [6.45, 7) is 13.1. The van der Waals surface area contributed by atoms with Gasteiger partial charge in [0.25, 0.3) is 5.91 Å². The van der Waals surface area contributed by atoms with Crippen LogP contribution in [0.15, 0.2) is 41.5 Å². The standard InChI is InChI=1S/C21H27N5O/c1-6-7-18-20-24-23-19(16(5)22-14(2)3)26(20)13-12-25(18)21(27)17-10-8-15(4)9-11-17/h8-11,18H,2,6-7,12-13H2,1,3-5H3/b22-16+/t18-/m1/s1. The second-order valence-corrected chi connectivity index (χ2v) is 7.13. The van der Waals surface area contributed by atoms with E-state index in [1.54, 1.807) is 0 Å². The zero-order chi connectivity index (χ0) is 19.6. The molecule has 3 rings (SSSR count). The summed E-state index contributed by atoms with van der Waals surface area (Å²) in [6, 6.07) is 7.68. The summed E-state index contributed by atoms with van der Waals surface area (Å²) >= 11 is 0. The number of carbonyl (C=O) groups is 1. The van der Waals surface area contributed by atoms with Gasteiger partial charge in [-0.2, -0.15) is 0 Å². The lowest BCUT2D eigenvalue weighted by Gasteiger charge is -2.36. The van der Waals surface area contributed by atoms with Gasteiger partial charge in [-0.1, -0.05) is 37.6 Å². The second kappa shape index (κ2) is 7.86. The predicted molar refractivity (Wildman–Crippen MR) is 107 cm³/mol. The molecule has 2 heterocycles. The van der Waals surface area contributed by atoms with Crippen molar-refractivity contribution in [3.05, 3.63) is 59.3 Å². The number of hydrogen-bond acceptors (Lipinski definition) is 4. The molecule has 142 valence electrons. The van der Waals surface area contributed by atoms with Crippen molar-refractivity contribution in [2.24, 2.45) is 4.99 Å². The highest BCUT2D eigenvalue weighted by molar-refractivity contribution is 5.96. The normalized spacial score (nSPS) is 17.0. The number of amides is 1. The molecule has 6 heteroatoms. The Morgan fingerprint density at radius 3 is 2.56 bits per heavy atom. The monoisotopic (exact) mass is 365 g/mol. The maximum absolute atomic E-state index is 13.1. The van der Waals surface area contributed by atoms with Gasteiger partial charge in [-0.15, -0.1) is 10.2 Å². The summed E-state index contributed by atoms with van der Waals surface area (Å²) < 4.78 is 2.10. The quantitative estimate of drug-likeness (QED) is 0.754. The van der Waals surface area contributed by atoms with Crippen molar-refractivity contribution in [1.82, 2.24) is 19.7 Å². The maximum Gasteiger partial charge on any atom is 0.254 e. The third kappa shape index (κ3) is 3.84. The zero-order valence-corrected chi connectivity index (χ0v) is 16.6. The number of aryl methyl sites for hydroxylation is 1. The lowest BCUT2D eigenvalue weighted by atomic mass is 10.0. The van der Waals surface area contributed by atoms with Gasteiger partial charge in [0, 0.05) is 24.4 Å². The molecule has 0 fully saturated rings. The van der Waals surface area contributed by atoms with E-state index < -0.39 is 0 Å². The lowest BCUT2D eigenvalue weighted by molar-refractivity contribution is 0.0603. The zero-order valence-electron chi connectivity index (χ0n) is 16.6. The van der Waals surface area contributed by atoms with Gasteiger partial charge in [0.1, 0.15) is 0 Å². The van der Waals surface area contributed by atoms with Crippen LogP contribution in [0.1, 0.15) is 67.2 Å². The molecule has 1 aliphatic heterocycles. The molecule has 1 aromatic carbocycles. The minimum Gasteiger partial charge on any atom is -0.327 e. The molecule has 1 aromatic heterocycles. The molecule has 27 heavy (non-hydrogen) atoms. The molecule has 0 N–H and O–H groups in total. The fraction of sp³-hybridized carbons (Fsp3) is 0.429. The van der Waals surface area contributed by atoms with Gasteiger partial charge in [0.15, 0.2) is 11.6 Å². The number of rotatable bonds is 5. The van der Waals surface area contributed by atoms with E-state index in [4.69, 9.17) is 0 Å². The predicted octanol–water partition coefficient (Wildman–Crippen LogP) is 3.93. The number of benzene rings is 1. The first-order valence-electron chi connectivity index (χ1n) is 9.44. The Morgan fingerprint density at radius 2 is 1.93 bits per heavy atom. The molecule has 1 aliphatic rings. The summed E-state index contributed by atoms with van der Waals surface area (Å²) in [5.41, 5.74) is 3.40. The van der Waals surface area contributed by atoms with E-state index in [-0.39, 0.29) is 11.9 Å². The first kappa shape index (κ1) is 19.0. The fourth-order valence-corrected chi connectivity index (χ4v) is 3.55. The van der Waals surface area contributed by atoms with Crippen LogP contribution in [-0.2, 0) is 6.54 Å². The van der Waals surface area contributed by atoms with E-state index in [0.717, 1.165) is 47.0 Å². The summed E-state index contributed by atoms with van der Waals surface area (Å²) in [5.74, 6) is 1.66. The Labute approximate surface area is 160 Å². The number of nitrogens with zero attached hydrogens (tertiary/aromatic N) is 5. The van der Waals surface area contributed by atoms with Gasteiger partial charge in [-0.25, -0.2) is 0 Å². The summed E-state index contributed by atoms with van der Waals surface area (Å²) in [7, 11) is 0. The van der Waals surface area contributed by atoms with Crippen LogP contribution in [0.25, 0.3) is 0 Å². The van der Waals surface area contributed by atoms with Gasteiger partial charge < -0.3 is 9.47 Å². The smallest absolute Gasteiger partial charge is 0.254 e. The minimum absolute atomic E-state index is 0.0524.